The van der Waals surface area contributed by atoms with Crippen LogP contribution in [0.4, 0.5) is 0 Å². The van der Waals surface area contributed by atoms with Crippen molar-refractivity contribution in [1.29, 1.82) is 0 Å². The lowest BCUT2D eigenvalue weighted by atomic mass is 10.0. The summed E-state index contributed by atoms with van der Waals surface area (Å²) in [6.07, 6.45) is 6.20. The number of hydrogen-bond acceptors (Lipinski definition) is 2. The number of nitrogens with zero attached hydrogens (tertiary/aromatic N) is 1. The summed E-state index contributed by atoms with van der Waals surface area (Å²) in [7, 11) is 0. The largest absolute Gasteiger partial charge is 0.306 e. The zero-order valence-corrected chi connectivity index (χ0v) is 13.4. The maximum Gasteiger partial charge on any atom is 0.156 e. The van der Waals surface area contributed by atoms with E-state index in [4.69, 9.17) is 4.55 Å². The van der Waals surface area contributed by atoms with Gasteiger partial charge in [-0.05, 0) is 22.6 Å². The summed E-state index contributed by atoms with van der Waals surface area (Å²) in [6.45, 7) is 0. The van der Waals surface area contributed by atoms with Crippen molar-refractivity contribution in [3.8, 4) is 0 Å². The average Bonchev–Trinajstić information content (AvgIpc) is 2.56. The standard InChI is InChI=1S/C19H17NO2S/c21-23(22)13-3-4-15-7-9-16(10-8-15)14-19-18-6-2-1-5-17(18)11-12-20-19/h1-12H,13-14H2,(H,21,22). The fourth-order valence-electron chi connectivity index (χ4n) is 2.53. The Morgan fingerprint density at radius 2 is 1.83 bits per heavy atom. The highest BCUT2D eigenvalue weighted by Crippen LogP contribution is 2.19. The Labute approximate surface area is 138 Å². The zero-order chi connectivity index (χ0) is 16.1. The molecular weight excluding hydrogens is 306 g/mol. The van der Waals surface area contributed by atoms with Crippen LogP contribution in [-0.4, -0.2) is 19.5 Å². The average molecular weight is 323 g/mol. The lowest BCUT2D eigenvalue weighted by Crippen LogP contribution is -1.93. The minimum Gasteiger partial charge on any atom is -0.306 e. The van der Waals surface area contributed by atoms with E-state index in [2.05, 4.69) is 29.2 Å². The minimum absolute atomic E-state index is 0.154. The van der Waals surface area contributed by atoms with Crippen molar-refractivity contribution < 1.29 is 8.76 Å². The van der Waals surface area contributed by atoms with Crippen molar-refractivity contribution in [3.63, 3.8) is 0 Å². The maximum absolute atomic E-state index is 10.6. The van der Waals surface area contributed by atoms with Gasteiger partial charge >= 0.3 is 0 Å². The van der Waals surface area contributed by atoms with E-state index in [1.165, 1.54) is 16.3 Å². The Kier molecular flexibility index (Phi) is 4.95. The zero-order valence-electron chi connectivity index (χ0n) is 12.6. The molecule has 3 aromatic rings. The van der Waals surface area contributed by atoms with Crippen LogP contribution in [0.5, 0.6) is 0 Å². The highest BCUT2D eigenvalue weighted by atomic mass is 32.2. The van der Waals surface area contributed by atoms with Crippen LogP contribution in [0.25, 0.3) is 16.8 Å². The Hall–Kier alpha value is -2.30. The van der Waals surface area contributed by atoms with Gasteiger partial charge in [0.25, 0.3) is 0 Å². The molecular formula is C19H17NO2S. The third kappa shape index (κ3) is 4.12. The second kappa shape index (κ2) is 7.31. The molecule has 23 heavy (non-hydrogen) atoms. The van der Waals surface area contributed by atoms with E-state index in [1.807, 2.05) is 42.6 Å². The Morgan fingerprint density at radius 1 is 1.04 bits per heavy atom. The molecule has 1 aromatic heterocycles. The Morgan fingerprint density at radius 3 is 2.61 bits per heavy atom. The molecule has 0 amide bonds. The first-order valence-electron chi connectivity index (χ1n) is 7.38. The van der Waals surface area contributed by atoms with Crippen LogP contribution in [0.3, 0.4) is 0 Å². The van der Waals surface area contributed by atoms with Crippen LogP contribution in [0.1, 0.15) is 16.8 Å². The van der Waals surface area contributed by atoms with Crippen LogP contribution in [0.2, 0.25) is 0 Å². The molecule has 3 nitrogen and oxygen atoms in total. The maximum atomic E-state index is 10.6. The van der Waals surface area contributed by atoms with Gasteiger partial charge in [-0.1, -0.05) is 60.7 Å². The van der Waals surface area contributed by atoms with Crippen molar-refractivity contribution in [3.05, 3.63) is 83.7 Å². The summed E-state index contributed by atoms with van der Waals surface area (Å²) in [5.41, 5.74) is 3.28. The normalized spacial score (nSPS) is 12.7. The number of hydrogen-bond donors (Lipinski definition) is 1. The second-order valence-electron chi connectivity index (χ2n) is 5.29. The van der Waals surface area contributed by atoms with E-state index in [9.17, 15) is 4.21 Å². The van der Waals surface area contributed by atoms with Gasteiger partial charge < -0.3 is 4.55 Å². The number of rotatable bonds is 5. The van der Waals surface area contributed by atoms with Crippen molar-refractivity contribution >= 4 is 27.9 Å². The van der Waals surface area contributed by atoms with Gasteiger partial charge in [-0.15, -0.1) is 0 Å². The lowest BCUT2D eigenvalue weighted by Gasteiger charge is -2.06. The number of aromatic nitrogens is 1. The first-order chi connectivity index (χ1) is 11.2. The summed E-state index contributed by atoms with van der Waals surface area (Å²) >= 11 is -1.78. The highest BCUT2D eigenvalue weighted by Gasteiger charge is 2.03. The third-order valence-corrected chi connectivity index (χ3v) is 4.13. The molecule has 116 valence electrons. The van der Waals surface area contributed by atoms with Gasteiger partial charge in [0.2, 0.25) is 0 Å². The SMILES string of the molecule is O=S(O)CC=Cc1ccc(Cc2nccc3ccccc23)cc1. The number of fused-ring (bicyclic) bond motifs is 1. The van der Waals surface area contributed by atoms with Crippen LogP contribution in [0, 0.1) is 0 Å². The van der Waals surface area contributed by atoms with E-state index >= 15 is 0 Å². The van der Waals surface area contributed by atoms with E-state index in [0.29, 0.717) is 0 Å². The molecule has 0 saturated heterocycles. The molecule has 0 saturated carbocycles. The molecule has 0 fully saturated rings. The van der Waals surface area contributed by atoms with Gasteiger partial charge in [0.1, 0.15) is 0 Å². The fraction of sp³-hybridized carbons (Fsp3) is 0.105. The van der Waals surface area contributed by atoms with Crippen LogP contribution in [-0.2, 0) is 17.5 Å². The van der Waals surface area contributed by atoms with Crippen molar-refractivity contribution in [2.45, 2.75) is 6.42 Å². The molecule has 0 spiro atoms. The molecule has 1 N–H and O–H groups in total. The van der Waals surface area contributed by atoms with Gasteiger partial charge in [0, 0.05) is 18.0 Å². The van der Waals surface area contributed by atoms with Gasteiger partial charge in [-0.3, -0.25) is 4.98 Å². The van der Waals surface area contributed by atoms with Crippen LogP contribution in [0.15, 0.2) is 66.9 Å². The van der Waals surface area contributed by atoms with Gasteiger partial charge in [-0.2, -0.15) is 0 Å². The monoisotopic (exact) mass is 323 g/mol. The minimum atomic E-state index is -1.78. The quantitative estimate of drug-likeness (QED) is 0.720. The summed E-state index contributed by atoms with van der Waals surface area (Å²) in [5, 5.41) is 2.39. The predicted molar refractivity (Wildman–Crippen MR) is 95.7 cm³/mol. The van der Waals surface area contributed by atoms with Gasteiger partial charge in [0.15, 0.2) is 11.1 Å². The van der Waals surface area contributed by atoms with Crippen LogP contribution >= 0.6 is 0 Å². The second-order valence-corrected chi connectivity index (χ2v) is 6.26. The number of benzene rings is 2. The van der Waals surface area contributed by atoms with E-state index < -0.39 is 11.1 Å². The fourth-order valence-corrected chi connectivity index (χ4v) is 2.79. The molecule has 0 bridgehead atoms. The molecule has 0 radical (unpaired) electrons. The molecule has 1 atom stereocenters. The molecule has 2 aromatic carbocycles. The first-order valence-corrected chi connectivity index (χ1v) is 8.65. The molecule has 0 aliphatic rings. The molecule has 1 heterocycles. The van der Waals surface area contributed by atoms with E-state index in [1.54, 1.807) is 6.08 Å². The Bertz CT molecular complexity index is 851. The molecule has 1 unspecified atom stereocenters. The summed E-state index contributed by atoms with van der Waals surface area (Å²) < 4.78 is 19.3. The van der Waals surface area contributed by atoms with E-state index in [-0.39, 0.29) is 5.75 Å². The Balaban J connectivity index is 1.77. The lowest BCUT2D eigenvalue weighted by molar-refractivity contribution is 0.567. The summed E-state index contributed by atoms with van der Waals surface area (Å²) in [4.78, 5) is 4.52. The van der Waals surface area contributed by atoms with Crippen molar-refractivity contribution in [1.82, 2.24) is 4.98 Å². The van der Waals surface area contributed by atoms with Crippen molar-refractivity contribution in [2.24, 2.45) is 0 Å². The predicted octanol–water partition coefficient (Wildman–Crippen LogP) is 4.06. The van der Waals surface area contributed by atoms with Crippen LogP contribution < -0.4 is 0 Å². The van der Waals surface area contributed by atoms with Gasteiger partial charge in [0.05, 0.1) is 11.4 Å². The topological polar surface area (TPSA) is 50.2 Å². The van der Waals surface area contributed by atoms with Crippen molar-refractivity contribution in [2.75, 3.05) is 5.75 Å². The molecule has 3 rings (SSSR count). The summed E-state index contributed by atoms with van der Waals surface area (Å²) in [6, 6.07) is 18.5. The van der Waals surface area contributed by atoms with Gasteiger partial charge in [-0.25, -0.2) is 4.21 Å². The van der Waals surface area contributed by atoms with E-state index in [0.717, 1.165) is 17.7 Å². The smallest absolute Gasteiger partial charge is 0.156 e. The molecule has 0 aliphatic carbocycles. The highest BCUT2D eigenvalue weighted by molar-refractivity contribution is 7.79. The third-order valence-electron chi connectivity index (χ3n) is 3.66. The molecule has 0 aliphatic heterocycles. The summed E-state index contributed by atoms with van der Waals surface area (Å²) in [5.74, 6) is 0.154. The molecule has 4 heteroatoms. The number of pyridine rings is 1. The first kappa shape index (κ1) is 15.6.